The summed E-state index contributed by atoms with van der Waals surface area (Å²) >= 11 is 6.93. The highest BCUT2D eigenvalue weighted by Gasteiger charge is 2.58. The van der Waals surface area contributed by atoms with Crippen LogP contribution in [0.5, 0.6) is 0 Å². The Morgan fingerprint density at radius 3 is 2.39 bits per heavy atom. The van der Waals surface area contributed by atoms with E-state index in [9.17, 15) is 18.0 Å². The summed E-state index contributed by atoms with van der Waals surface area (Å²) in [5, 5.41) is -0.192. The predicted octanol–water partition coefficient (Wildman–Crippen LogP) is 2.86. The van der Waals surface area contributed by atoms with Crippen LogP contribution in [0.2, 0.25) is 0 Å². The van der Waals surface area contributed by atoms with Crippen LogP contribution in [-0.4, -0.2) is 46.6 Å². The zero-order valence-electron chi connectivity index (χ0n) is 14.8. The van der Waals surface area contributed by atoms with Gasteiger partial charge in [0.05, 0.1) is 33.5 Å². The third-order valence-corrected chi connectivity index (χ3v) is 9.61. The Bertz CT molecular complexity index is 1200. The van der Waals surface area contributed by atoms with Gasteiger partial charge in [-0.25, -0.2) is 8.42 Å². The van der Waals surface area contributed by atoms with Gasteiger partial charge in [0.25, 0.3) is 0 Å². The summed E-state index contributed by atoms with van der Waals surface area (Å²) in [5.74, 6) is -0.400. The number of carbonyl (C=O) groups is 2. The summed E-state index contributed by atoms with van der Waals surface area (Å²) in [6, 6.07) is 11.9. The van der Waals surface area contributed by atoms with E-state index in [-0.39, 0.29) is 28.3 Å². The zero-order valence-corrected chi connectivity index (χ0v) is 17.3. The van der Waals surface area contributed by atoms with Crippen molar-refractivity contribution in [1.82, 2.24) is 0 Å². The van der Waals surface area contributed by atoms with E-state index in [4.69, 9.17) is 12.2 Å². The minimum Gasteiger partial charge on any atom is -0.318 e. The van der Waals surface area contributed by atoms with E-state index in [0.717, 1.165) is 0 Å². The Hall–Kier alpha value is -2.03. The van der Waals surface area contributed by atoms with Gasteiger partial charge in [0.2, 0.25) is 0 Å². The number of benzene rings is 2. The van der Waals surface area contributed by atoms with Gasteiger partial charge in [0.1, 0.15) is 4.32 Å². The minimum atomic E-state index is -3.20. The number of thioether (sulfide) groups is 1. The number of nitrogens with zero attached hydrogens (tertiary/aromatic N) is 1. The van der Waals surface area contributed by atoms with E-state index in [1.165, 1.54) is 11.8 Å². The quantitative estimate of drug-likeness (QED) is 0.551. The van der Waals surface area contributed by atoms with Crippen LogP contribution in [-0.2, 0) is 9.84 Å². The molecule has 0 radical (unpaired) electrons. The van der Waals surface area contributed by atoms with Gasteiger partial charge in [-0.3, -0.25) is 9.59 Å². The smallest absolute Gasteiger partial charge is 0.196 e. The largest absolute Gasteiger partial charge is 0.318 e. The van der Waals surface area contributed by atoms with Gasteiger partial charge < -0.3 is 4.90 Å². The summed E-state index contributed by atoms with van der Waals surface area (Å²) in [4.78, 5) is 28.1. The molecule has 0 bridgehead atoms. The molecule has 142 valence electrons. The monoisotopic (exact) mass is 429 g/mol. The second-order valence-electron chi connectivity index (χ2n) is 7.52. The minimum absolute atomic E-state index is 0.0276. The number of thiocarbonyl (C=S) groups is 1. The van der Waals surface area contributed by atoms with E-state index in [2.05, 4.69) is 0 Å². The number of hydrogen-bond donors (Lipinski definition) is 0. The molecule has 0 N–H and O–H groups in total. The van der Waals surface area contributed by atoms with Crippen molar-refractivity contribution in [1.29, 1.82) is 0 Å². The normalized spacial score (nSPS) is 27.5. The van der Waals surface area contributed by atoms with Crippen LogP contribution in [0.3, 0.4) is 0 Å². The van der Waals surface area contributed by atoms with Gasteiger partial charge in [0.15, 0.2) is 21.4 Å². The molecule has 5 rings (SSSR count). The fourth-order valence-electron chi connectivity index (χ4n) is 4.45. The molecule has 0 unspecified atom stereocenters. The molecule has 2 heterocycles. The third-order valence-electron chi connectivity index (χ3n) is 5.72. The molecule has 0 amide bonds. The average Bonchev–Trinajstić information content (AvgIpc) is 3.01. The summed E-state index contributed by atoms with van der Waals surface area (Å²) in [5.41, 5.74) is 1.18. The van der Waals surface area contributed by atoms with Crippen molar-refractivity contribution in [2.75, 3.05) is 16.4 Å². The first-order valence-electron chi connectivity index (χ1n) is 8.76. The third kappa shape index (κ3) is 2.31. The second-order valence-corrected chi connectivity index (χ2v) is 11.5. The SMILES string of the molecule is C[C@]12CS(=O)(=O)C[C@@H]1SC(=S)N2c1cccc2c1C(=O)c1ccccc1C2=O. The van der Waals surface area contributed by atoms with Crippen LogP contribution < -0.4 is 4.90 Å². The van der Waals surface area contributed by atoms with Crippen LogP contribution in [0.15, 0.2) is 42.5 Å². The maximum Gasteiger partial charge on any atom is 0.196 e. The van der Waals surface area contributed by atoms with Crippen LogP contribution in [0.4, 0.5) is 5.69 Å². The molecule has 3 aliphatic rings. The lowest BCUT2D eigenvalue weighted by Crippen LogP contribution is -2.50. The summed E-state index contributed by atoms with van der Waals surface area (Å²) in [6.45, 7) is 1.87. The van der Waals surface area contributed by atoms with Gasteiger partial charge in [-0.05, 0) is 13.0 Å². The Balaban J connectivity index is 1.73. The topological polar surface area (TPSA) is 71.5 Å². The molecule has 2 fully saturated rings. The molecule has 0 saturated carbocycles. The Kier molecular flexibility index (Phi) is 3.70. The van der Waals surface area contributed by atoms with E-state index >= 15 is 0 Å². The first-order valence-corrected chi connectivity index (χ1v) is 11.9. The number of fused-ring (bicyclic) bond motifs is 3. The first-order chi connectivity index (χ1) is 13.2. The fraction of sp³-hybridized carbons (Fsp3) is 0.250. The lowest BCUT2D eigenvalue weighted by atomic mass is 9.82. The van der Waals surface area contributed by atoms with Gasteiger partial charge in [0, 0.05) is 16.7 Å². The van der Waals surface area contributed by atoms with Gasteiger partial charge in [-0.2, -0.15) is 0 Å². The molecule has 1 aliphatic carbocycles. The number of hydrogen-bond acceptors (Lipinski definition) is 6. The fourth-order valence-corrected chi connectivity index (χ4v) is 9.36. The molecule has 8 heteroatoms. The Morgan fingerprint density at radius 2 is 1.68 bits per heavy atom. The van der Waals surface area contributed by atoms with Crippen LogP contribution in [0, 0.1) is 0 Å². The number of rotatable bonds is 1. The summed E-state index contributed by atoms with van der Waals surface area (Å²) in [7, 11) is -3.20. The van der Waals surface area contributed by atoms with Crippen molar-refractivity contribution in [2.24, 2.45) is 0 Å². The standard InChI is InChI=1S/C20H15NO4S3/c1-20-10-28(24,25)9-15(20)27-19(26)21(20)14-8-4-7-13-16(14)18(23)12-6-3-2-5-11(12)17(13)22/h2-8,15H,9-10H2,1H3/t15-,20-/m0/s1. The molecule has 2 aromatic carbocycles. The molecule has 0 spiro atoms. The van der Waals surface area contributed by atoms with Crippen molar-refractivity contribution in [2.45, 2.75) is 17.7 Å². The van der Waals surface area contributed by atoms with Crippen molar-refractivity contribution >= 4 is 55.4 Å². The highest BCUT2D eigenvalue weighted by atomic mass is 32.2. The highest BCUT2D eigenvalue weighted by molar-refractivity contribution is 8.24. The maximum atomic E-state index is 13.3. The number of sulfone groups is 1. The Morgan fingerprint density at radius 1 is 1.04 bits per heavy atom. The second kappa shape index (κ2) is 5.75. The van der Waals surface area contributed by atoms with Crippen LogP contribution in [0.1, 0.15) is 38.8 Å². The first kappa shape index (κ1) is 18.0. The number of carbonyl (C=O) groups excluding carboxylic acids is 2. The Labute approximate surface area is 172 Å². The van der Waals surface area contributed by atoms with Crippen molar-refractivity contribution in [3.63, 3.8) is 0 Å². The van der Waals surface area contributed by atoms with E-state index in [1.54, 1.807) is 47.4 Å². The molecule has 0 aromatic heterocycles. The van der Waals surface area contributed by atoms with Crippen molar-refractivity contribution in [3.05, 3.63) is 64.7 Å². The molecule has 2 saturated heterocycles. The maximum absolute atomic E-state index is 13.3. The zero-order chi connectivity index (χ0) is 19.8. The van der Waals surface area contributed by atoms with Gasteiger partial charge in [-0.1, -0.05) is 60.4 Å². The van der Waals surface area contributed by atoms with Crippen LogP contribution in [0.25, 0.3) is 0 Å². The number of anilines is 1. The van der Waals surface area contributed by atoms with Crippen molar-refractivity contribution in [3.8, 4) is 0 Å². The summed E-state index contributed by atoms with van der Waals surface area (Å²) < 4.78 is 25.1. The number of ketones is 2. The van der Waals surface area contributed by atoms with Gasteiger partial charge >= 0.3 is 0 Å². The van der Waals surface area contributed by atoms with E-state index in [1.807, 2.05) is 6.92 Å². The molecule has 2 atom stereocenters. The lowest BCUT2D eigenvalue weighted by molar-refractivity contribution is 0.0979. The molecule has 2 aliphatic heterocycles. The predicted molar refractivity (Wildman–Crippen MR) is 113 cm³/mol. The van der Waals surface area contributed by atoms with E-state index < -0.39 is 15.4 Å². The molecule has 28 heavy (non-hydrogen) atoms. The molecular formula is C20H15NO4S3. The van der Waals surface area contributed by atoms with E-state index in [0.29, 0.717) is 32.3 Å². The molecule has 5 nitrogen and oxygen atoms in total. The summed E-state index contributed by atoms with van der Waals surface area (Å²) in [6.07, 6.45) is 0. The van der Waals surface area contributed by atoms with Crippen LogP contribution >= 0.6 is 24.0 Å². The van der Waals surface area contributed by atoms with Crippen molar-refractivity contribution < 1.29 is 18.0 Å². The average molecular weight is 430 g/mol. The van der Waals surface area contributed by atoms with Gasteiger partial charge in [-0.15, -0.1) is 0 Å². The lowest BCUT2D eigenvalue weighted by Gasteiger charge is -2.36. The highest BCUT2D eigenvalue weighted by Crippen LogP contribution is 2.49. The molecule has 2 aromatic rings. The molecular weight excluding hydrogens is 414 g/mol.